The van der Waals surface area contributed by atoms with E-state index in [0.29, 0.717) is 0 Å². The van der Waals surface area contributed by atoms with E-state index in [1.807, 2.05) is 6.07 Å². The fraction of sp³-hybridized carbons (Fsp3) is 0.200. The van der Waals surface area contributed by atoms with Gasteiger partial charge in [0.25, 0.3) is 0 Å². The molecule has 5 heteroatoms. The molecule has 1 nitrogen and oxygen atoms in total. The van der Waals surface area contributed by atoms with Crippen molar-refractivity contribution < 1.29 is 0 Å². The monoisotopic (exact) mass is 365 g/mol. The van der Waals surface area contributed by atoms with Gasteiger partial charge in [-0.2, -0.15) is 0 Å². The molecule has 15 heavy (non-hydrogen) atoms. The molecule has 0 spiro atoms. The van der Waals surface area contributed by atoms with Gasteiger partial charge in [0.1, 0.15) is 0 Å². The Balaban J connectivity index is 2.35. The van der Waals surface area contributed by atoms with Gasteiger partial charge in [-0.05, 0) is 57.0 Å². The number of rotatable bonds is 2. The van der Waals surface area contributed by atoms with Gasteiger partial charge in [0.05, 0.1) is 9.83 Å². The van der Waals surface area contributed by atoms with Crippen molar-refractivity contribution >= 4 is 54.5 Å². The summed E-state index contributed by atoms with van der Waals surface area (Å²) in [5, 5.41) is 0. The van der Waals surface area contributed by atoms with Gasteiger partial charge < -0.3 is 5.73 Å². The van der Waals surface area contributed by atoms with E-state index >= 15 is 0 Å². The summed E-state index contributed by atoms with van der Waals surface area (Å²) in [7, 11) is 0. The maximum Gasteiger partial charge on any atom is 0.0751 e. The van der Waals surface area contributed by atoms with Gasteiger partial charge in [-0.3, -0.25) is 0 Å². The first-order valence-corrected chi connectivity index (χ1v) is 7.56. The zero-order chi connectivity index (χ0) is 11.0. The molecular formula is C10H9Br2NS2. The second kappa shape index (κ2) is 4.67. The minimum absolute atomic E-state index is 0.0191. The average molecular weight is 367 g/mol. The van der Waals surface area contributed by atoms with Crippen LogP contribution in [0.25, 0.3) is 0 Å². The molecular weight excluding hydrogens is 358 g/mol. The van der Waals surface area contributed by atoms with Gasteiger partial charge in [-0.1, -0.05) is 0 Å². The lowest BCUT2D eigenvalue weighted by Crippen LogP contribution is -2.08. The number of aryl methyl sites for hydroxylation is 1. The van der Waals surface area contributed by atoms with Gasteiger partial charge in [0.15, 0.2) is 0 Å². The second-order valence-electron chi connectivity index (χ2n) is 3.19. The van der Waals surface area contributed by atoms with Crippen molar-refractivity contribution in [2.75, 3.05) is 0 Å². The van der Waals surface area contributed by atoms with Crippen LogP contribution in [-0.4, -0.2) is 0 Å². The van der Waals surface area contributed by atoms with Crippen molar-refractivity contribution in [3.05, 3.63) is 41.1 Å². The van der Waals surface area contributed by atoms with Crippen LogP contribution in [0.3, 0.4) is 0 Å². The Morgan fingerprint density at radius 1 is 1.27 bits per heavy atom. The summed E-state index contributed by atoms with van der Waals surface area (Å²) in [5.41, 5.74) is 6.21. The molecule has 1 unspecified atom stereocenters. The fourth-order valence-electron chi connectivity index (χ4n) is 1.34. The quantitative estimate of drug-likeness (QED) is 0.819. The van der Waals surface area contributed by atoms with Crippen LogP contribution in [0.5, 0.6) is 0 Å². The predicted molar refractivity (Wildman–Crippen MR) is 74.8 cm³/mol. The first-order chi connectivity index (χ1) is 7.08. The summed E-state index contributed by atoms with van der Waals surface area (Å²) in [4.78, 5) is 3.66. The smallest absolute Gasteiger partial charge is 0.0751 e. The van der Waals surface area contributed by atoms with Crippen molar-refractivity contribution in [3.8, 4) is 0 Å². The highest BCUT2D eigenvalue weighted by Gasteiger charge is 2.16. The molecule has 2 rings (SSSR count). The van der Waals surface area contributed by atoms with Crippen LogP contribution in [-0.2, 0) is 0 Å². The molecule has 0 aromatic carbocycles. The molecule has 0 fully saturated rings. The van der Waals surface area contributed by atoms with Crippen LogP contribution in [0.2, 0.25) is 0 Å². The molecule has 2 aromatic heterocycles. The summed E-state index contributed by atoms with van der Waals surface area (Å²) in [5.74, 6) is 0. The fourth-order valence-corrected chi connectivity index (χ4v) is 4.77. The maximum atomic E-state index is 6.21. The van der Waals surface area contributed by atoms with E-state index < -0.39 is 0 Å². The Morgan fingerprint density at radius 3 is 2.47 bits per heavy atom. The van der Waals surface area contributed by atoms with E-state index in [9.17, 15) is 0 Å². The summed E-state index contributed by atoms with van der Waals surface area (Å²) in [6.45, 7) is 2.09. The van der Waals surface area contributed by atoms with Crippen molar-refractivity contribution in [1.29, 1.82) is 0 Å². The van der Waals surface area contributed by atoms with E-state index in [1.54, 1.807) is 22.7 Å². The molecule has 0 aliphatic heterocycles. The first kappa shape index (κ1) is 11.8. The number of halogens is 2. The number of hydrogen-bond acceptors (Lipinski definition) is 3. The van der Waals surface area contributed by atoms with Crippen LogP contribution >= 0.6 is 54.5 Å². The minimum atomic E-state index is -0.0191. The number of nitrogens with two attached hydrogens (primary N) is 1. The Labute approximate surface area is 114 Å². The van der Waals surface area contributed by atoms with Crippen molar-refractivity contribution in [1.82, 2.24) is 0 Å². The molecule has 80 valence electrons. The third-order valence-electron chi connectivity index (χ3n) is 2.02. The van der Waals surface area contributed by atoms with E-state index in [-0.39, 0.29) is 6.04 Å². The molecule has 0 radical (unpaired) electrons. The van der Waals surface area contributed by atoms with Crippen LogP contribution in [0.4, 0.5) is 0 Å². The highest BCUT2D eigenvalue weighted by molar-refractivity contribution is 9.11. The molecule has 1 atom stereocenters. The van der Waals surface area contributed by atoms with Crippen LogP contribution < -0.4 is 5.73 Å². The van der Waals surface area contributed by atoms with Gasteiger partial charge in [-0.25, -0.2) is 0 Å². The van der Waals surface area contributed by atoms with Gasteiger partial charge >= 0.3 is 0 Å². The maximum absolute atomic E-state index is 6.21. The molecule has 2 aromatic rings. The van der Waals surface area contributed by atoms with E-state index in [2.05, 4.69) is 50.9 Å². The molecule has 0 saturated carbocycles. The number of hydrogen-bond donors (Lipinski definition) is 1. The lowest BCUT2D eigenvalue weighted by Gasteiger charge is -2.07. The van der Waals surface area contributed by atoms with Crippen LogP contribution in [0.15, 0.2) is 26.5 Å². The number of thiophene rings is 2. The zero-order valence-corrected chi connectivity index (χ0v) is 12.8. The Hall–Kier alpha value is 0.320. The summed E-state index contributed by atoms with van der Waals surface area (Å²) in [6.07, 6.45) is 0. The van der Waals surface area contributed by atoms with Crippen molar-refractivity contribution in [2.24, 2.45) is 5.73 Å². The molecule has 0 saturated heterocycles. The first-order valence-electron chi connectivity index (χ1n) is 4.34. The third kappa shape index (κ3) is 2.53. The molecule has 0 aliphatic carbocycles. The second-order valence-corrected chi connectivity index (χ2v) is 7.83. The molecule has 0 amide bonds. The highest BCUT2D eigenvalue weighted by atomic mass is 79.9. The SMILES string of the molecule is Cc1cc(Br)c(C(N)c2ccc(Br)s2)s1. The summed E-state index contributed by atoms with van der Waals surface area (Å²) < 4.78 is 2.24. The van der Waals surface area contributed by atoms with Crippen molar-refractivity contribution in [3.63, 3.8) is 0 Å². The molecule has 2 N–H and O–H groups in total. The predicted octanol–water partition coefficient (Wildman–Crippen LogP) is 4.69. The molecule has 0 bridgehead atoms. The standard InChI is InChI=1S/C10H9Br2NS2/c1-5-4-6(11)10(14-5)9(13)7-2-3-8(12)15-7/h2-4,9H,13H2,1H3. The lowest BCUT2D eigenvalue weighted by atomic mass is 10.2. The van der Waals surface area contributed by atoms with E-state index in [4.69, 9.17) is 5.73 Å². The third-order valence-corrected chi connectivity index (χ3v) is 5.78. The van der Waals surface area contributed by atoms with Gasteiger partial charge in [0.2, 0.25) is 0 Å². The van der Waals surface area contributed by atoms with E-state index in [1.165, 1.54) is 14.6 Å². The summed E-state index contributed by atoms with van der Waals surface area (Å²) >= 11 is 10.4. The normalized spacial score (nSPS) is 13.1. The minimum Gasteiger partial charge on any atom is -0.319 e. The topological polar surface area (TPSA) is 26.0 Å². The zero-order valence-electron chi connectivity index (χ0n) is 7.96. The average Bonchev–Trinajstić information content (AvgIpc) is 2.71. The van der Waals surface area contributed by atoms with Crippen LogP contribution in [0, 0.1) is 6.92 Å². The lowest BCUT2D eigenvalue weighted by molar-refractivity contribution is 0.912. The Morgan fingerprint density at radius 2 is 2.00 bits per heavy atom. The largest absolute Gasteiger partial charge is 0.319 e. The summed E-state index contributed by atoms with van der Waals surface area (Å²) in [6, 6.07) is 6.20. The molecule has 2 heterocycles. The van der Waals surface area contributed by atoms with Crippen molar-refractivity contribution in [2.45, 2.75) is 13.0 Å². The van der Waals surface area contributed by atoms with Crippen LogP contribution in [0.1, 0.15) is 20.7 Å². The van der Waals surface area contributed by atoms with Gasteiger partial charge in [-0.15, -0.1) is 22.7 Å². The van der Waals surface area contributed by atoms with E-state index in [0.717, 1.165) is 8.26 Å². The van der Waals surface area contributed by atoms with Gasteiger partial charge in [0, 0.05) is 19.1 Å². The highest BCUT2D eigenvalue weighted by Crippen LogP contribution is 2.37. The Bertz CT molecular complexity index is 475. The molecule has 0 aliphatic rings. The Kier molecular flexibility index (Phi) is 3.67.